The quantitative estimate of drug-likeness (QED) is 0.755. The molecule has 0 unspecified atom stereocenters. The van der Waals surface area contributed by atoms with Crippen LogP contribution in [0.3, 0.4) is 0 Å². The topological polar surface area (TPSA) is 64.6 Å². The molecule has 5 nitrogen and oxygen atoms in total. The van der Waals surface area contributed by atoms with Crippen molar-refractivity contribution >= 4 is 23.3 Å². The summed E-state index contributed by atoms with van der Waals surface area (Å²) in [6.07, 6.45) is 1.04. The van der Waals surface area contributed by atoms with Crippen molar-refractivity contribution in [3.63, 3.8) is 0 Å². The second-order valence-electron chi connectivity index (χ2n) is 6.01. The van der Waals surface area contributed by atoms with Gasteiger partial charge in [-0.1, -0.05) is 23.7 Å². The van der Waals surface area contributed by atoms with Crippen LogP contribution in [-0.4, -0.2) is 31.4 Å². The van der Waals surface area contributed by atoms with Gasteiger partial charge in [0.15, 0.2) is 17.3 Å². The average molecular weight is 374 g/mol. The number of Topliss-reactive ketones (excluding diaryl/α,β-unsaturated/α-hetero) is 1. The average Bonchev–Trinajstić information content (AvgIpc) is 2.67. The zero-order valence-corrected chi connectivity index (χ0v) is 15.1. The van der Waals surface area contributed by atoms with Crippen LogP contribution in [0.15, 0.2) is 42.5 Å². The largest absolute Gasteiger partial charge is 0.486 e. The van der Waals surface area contributed by atoms with Crippen LogP contribution in [0.4, 0.5) is 0 Å². The van der Waals surface area contributed by atoms with Gasteiger partial charge in [-0.05, 0) is 42.3 Å². The molecule has 0 aliphatic carbocycles. The first-order chi connectivity index (χ1) is 12.6. The highest BCUT2D eigenvalue weighted by atomic mass is 35.5. The molecule has 0 bridgehead atoms. The van der Waals surface area contributed by atoms with Gasteiger partial charge in [0.1, 0.15) is 13.2 Å². The van der Waals surface area contributed by atoms with Crippen LogP contribution in [0, 0.1) is 0 Å². The maximum absolute atomic E-state index is 12.3. The molecule has 3 rings (SSSR count). The van der Waals surface area contributed by atoms with Crippen molar-refractivity contribution in [2.24, 2.45) is 0 Å². The second-order valence-corrected chi connectivity index (χ2v) is 6.44. The Morgan fingerprint density at radius 2 is 1.69 bits per heavy atom. The van der Waals surface area contributed by atoms with E-state index in [0.29, 0.717) is 41.8 Å². The molecule has 0 radical (unpaired) electrons. The number of rotatable bonds is 7. The zero-order valence-electron chi connectivity index (χ0n) is 14.3. The molecule has 0 saturated heterocycles. The van der Waals surface area contributed by atoms with Gasteiger partial charge in [-0.3, -0.25) is 9.59 Å². The summed E-state index contributed by atoms with van der Waals surface area (Å²) in [6.45, 7) is 1.51. The predicted molar refractivity (Wildman–Crippen MR) is 99.2 cm³/mol. The van der Waals surface area contributed by atoms with E-state index >= 15 is 0 Å². The van der Waals surface area contributed by atoms with Gasteiger partial charge in [0, 0.05) is 30.0 Å². The molecule has 1 N–H and O–H groups in total. The number of halogens is 1. The molecule has 136 valence electrons. The molecule has 1 amide bonds. The summed E-state index contributed by atoms with van der Waals surface area (Å²) in [5.74, 6) is 1.00. The Kier molecular flexibility index (Phi) is 6.12. The number of ketones is 1. The van der Waals surface area contributed by atoms with Gasteiger partial charge in [-0.15, -0.1) is 0 Å². The van der Waals surface area contributed by atoms with E-state index in [-0.39, 0.29) is 24.5 Å². The van der Waals surface area contributed by atoms with E-state index in [2.05, 4.69) is 5.32 Å². The van der Waals surface area contributed by atoms with Gasteiger partial charge >= 0.3 is 0 Å². The number of carbonyl (C=O) groups excluding carboxylic acids is 2. The Balaban J connectivity index is 1.42. The summed E-state index contributed by atoms with van der Waals surface area (Å²) in [5, 5.41) is 3.52. The number of fused-ring (bicyclic) bond motifs is 1. The lowest BCUT2D eigenvalue weighted by molar-refractivity contribution is -0.121. The van der Waals surface area contributed by atoms with Crippen LogP contribution in [0.5, 0.6) is 11.5 Å². The molecule has 6 heteroatoms. The highest BCUT2D eigenvalue weighted by molar-refractivity contribution is 6.30. The van der Waals surface area contributed by atoms with Crippen molar-refractivity contribution in [1.82, 2.24) is 5.32 Å². The maximum Gasteiger partial charge on any atom is 0.220 e. The van der Waals surface area contributed by atoms with Gasteiger partial charge in [0.25, 0.3) is 0 Å². The fourth-order valence-electron chi connectivity index (χ4n) is 2.67. The Morgan fingerprint density at radius 3 is 2.46 bits per heavy atom. The normalized spacial score (nSPS) is 12.5. The van der Waals surface area contributed by atoms with Crippen molar-refractivity contribution in [2.45, 2.75) is 19.3 Å². The smallest absolute Gasteiger partial charge is 0.220 e. The predicted octanol–water partition coefficient (Wildman–Crippen LogP) is 3.43. The third-order valence-electron chi connectivity index (χ3n) is 4.09. The number of hydrogen-bond acceptors (Lipinski definition) is 4. The molecule has 1 aliphatic heterocycles. The van der Waals surface area contributed by atoms with Crippen molar-refractivity contribution in [3.8, 4) is 11.5 Å². The highest BCUT2D eigenvalue weighted by Crippen LogP contribution is 2.31. The van der Waals surface area contributed by atoms with E-state index in [1.165, 1.54) is 0 Å². The number of benzene rings is 2. The number of nitrogens with one attached hydrogen (secondary N) is 1. The van der Waals surface area contributed by atoms with Crippen LogP contribution in [0.1, 0.15) is 28.8 Å². The monoisotopic (exact) mass is 373 g/mol. The van der Waals surface area contributed by atoms with E-state index in [0.717, 1.165) is 12.0 Å². The molecule has 0 spiro atoms. The highest BCUT2D eigenvalue weighted by Gasteiger charge is 2.15. The molecule has 2 aromatic rings. The Hall–Kier alpha value is -2.53. The third-order valence-corrected chi connectivity index (χ3v) is 4.34. The summed E-state index contributed by atoms with van der Waals surface area (Å²) in [4.78, 5) is 24.2. The third kappa shape index (κ3) is 4.99. The molecule has 2 aromatic carbocycles. The first-order valence-corrected chi connectivity index (χ1v) is 8.93. The fourth-order valence-corrected chi connectivity index (χ4v) is 2.80. The van der Waals surface area contributed by atoms with Gasteiger partial charge < -0.3 is 14.8 Å². The van der Waals surface area contributed by atoms with Crippen LogP contribution in [0.25, 0.3) is 0 Å². The molecule has 0 aromatic heterocycles. The van der Waals surface area contributed by atoms with Crippen LogP contribution >= 0.6 is 11.6 Å². The van der Waals surface area contributed by atoms with E-state index in [4.69, 9.17) is 21.1 Å². The van der Waals surface area contributed by atoms with Gasteiger partial charge in [-0.2, -0.15) is 0 Å². The molecule has 1 aliphatic rings. The Morgan fingerprint density at radius 1 is 0.962 bits per heavy atom. The van der Waals surface area contributed by atoms with Crippen LogP contribution < -0.4 is 14.8 Å². The number of amides is 1. The minimum absolute atomic E-state index is 0.0881. The van der Waals surface area contributed by atoms with E-state index in [1.807, 2.05) is 24.3 Å². The second kappa shape index (κ2) is 8.72. The number of ether oxygens (including phenoxy) is 2. The number of hydrogen-bond donors (Lipinski definition) is 1. The first-order valence-electron chi connectivity index (χ1n) is 8.56. The van der Waals surface area contributed by atoms with E-state index < -0.39 is 0 Å². The lowest BCUT2D eigenvalue weighted by Crippen LogP contribution is -2.26. The van der Waals surface area contributed by atoms with E-state index in [1.54, 1.807) is 18.2 Å². The maximum atomic E-state index is 12.3. The first kappa shape index (κ1) is 18.3. The minimum Gasteiger partial charge on any atom is -0.486 e. The van der Waals surface area contributed by atoms with Crippen molar-refractivity contribution < 1.29 is 19.1 Å². The summed E-state index contributed by atoms with van der Waals surface area (Å²) in [6, 6.07) is 12.6. The molecular weight excluding hydrogens is 354 g/mol. The lowest BCUT2D eigenvalue weighted by Gasteiger charge is -2.18. The molecular formula is C20H20ClNO4. The Bertz CT molecular complexity index is 789. The van der Waals surface area contributed by atoms with Gasteiger partial charge in [-0.25, -0.2) is 0 Å². The summed E-state index contributed by atoms with van der Waals surface area (Å²) >= 11 is 5.84. The number of carbonyl (C=O) groups is 2. The van der Waals surface area contributed by atoms with Crippen molar-refractivity contribution in [1.29, 1.82) is 0 Å². The summed E-state index contributed by atoms with van der Waals surface area (Å²) < 4.78 is 10.9. The molecule has 26 heavy (non-hydrogen) atoms. The summed E-state index contributed by atoms with van der Waals surface area (Å²) in [7, 11) is 0. The SMILES string of the molecule is O=C(CCC(=O)c1ccc2c(c1)OCCO2)NCCc1ccc(Cl)cc1. The molecule has 0 fully saturated rings. The minimum atomic E-state index is -0.134. The molecule has 0 saturated carbocycles. The molecule has 0 atom stereocenters. The van der Waals surface area contributed by atoms with Crippen molar-refractivity contribution in [3.05, 3.63) is 58.6 Å². The van der Waals surface area contributed by atoms with Gasteiger partial charge in [0.2, 0.25) is 5.91 Å². The summed E-state index contributed by atoms with van der Waals surface area (Å²) in [5.41, 5.74) is 1.63. The van der Waals surface area contributed by atoms with Crippen LogP contribution in [-0.2, 0) is 11.2 Å². The van der Waals surface area contributed by atoms with E-state index in [9.17, 15) is 9.59 Å². The Labute approximate surface area is 157 Å². The standard InChI is InChI=1S/C20H20ClNO4/c21-16-4-1-14(2-5-16)9-10-22-20(24)8-6-17(23)15-3-7-18-19(13-15)26-12-11-25-18/h1-5,7,13H,6,8-12H2,(H,22,24). The molecule has 1 heterocycles. The van der Waals surface area contributed by atoms with Crippen LogP contribution in [0.2, 0.25) is 5.02 Å². The zero-order chi connectivity index (χ0) is 18.4. The van der Waals surface area contributed by atoms with Gasteiger partial charge in [0.05, 0.1) is 0 Å². The lowest BCUT2D eigenvalue weighted by atomic mass is 10.1. The fraction of sp³-hybridized carbons (Fsp3) is 0.300. The van der Waals surface area contributed by atoms with Crippen molar-refractivity contribution in [2.75, 3.05) is 19.8 Å².